The summed E-state index contributed by atoms with van der Waals surface area (Å²) in [5.74, 6) is -0.103. The molecule has 1 aliphatic carbocycles. The van der Waals surface area contributed by atoms with E-state index in [-0.39, 0.29) is 23.7 Å². The number of rotatable bonds is 1. The topological polar surface area (TPSA) is 61.2 Å². The molecule has 0 N–H and O–H groups in total. The van der Waals surface area contributed by atoms with E-state index in [9.17, 15) is 9.59 Å². The summed E-state index contributed by atoms with van der Waals surface area (Å²) in [6, 6.07) is 6.94. The Kier molecular flexibility index (Phi) is 3.14. The van der Waals surface area contributed by atoms with Gasteiger partial charge in [-0.25, -0.2) is 4.90 Å². The van der Waals surface area contributed by atoms with Crippen molar-refractivity contribution in [1.82, 2.24) is 0 Å². The molecule has 3 rings (SSSR count). The molecule has 20 heavy (non-hydrogen) atoms. The molecule has 2 unspecified atom stereocenters. The lowest BCUT2D eigenvalue weighted by Gasteiger charge is -2.18. The SMILES string of the molecule is CC1CC2C(=O)N(c3ccc(C#N)cc3Br)C(=O)C2C1. The number of carbonyl (C=O) groups is 2. The molecule has 2 fully saturated rings. The summed E-state index contributed by atoms with van der Waals surface area (Å²) in [4.78, 5) is 26.2. The van der Waals surface area contributed by atoms with E-state index in [0.29, 0.717) is 21.6 Å². The fourth-order valence-corrected chi connectivity index (χ4v) is 3.83. The lowest BCUT2D eigenvalue weighted by atomic mass is 10.00. The van der Waals surface area contributed by atoms with Crippen LogP contribution in [0.2, 0.25) is 0 Å². The van der Waals surface area contributed by atoms with Gasteiger partial charge in [-0.3, -0.25) is 9.59 Å². The summed E-state index contributed by atoms with van der Waals surface area (Å²) >= 11 is 3.35. The Morgan fingerprint density at radius 2 is 1.85 bits per heavy atom. The van der Waals surface area contributed by atoms with Gasteiger partial charge in [0.2, 0.25) is 11.8 Å². The van der Waals surface area contributed by atoms with Crippen LogP contribution >= 0.6 is 15.9 Å². The molecule has 2 aliphatic rings. The van der Waals surface area contributed by atoms with Crippen molar-refractivity contribution in [2.45, 2.75) is 19.8 Å². The molecule has 1 aromatic rings. The Labute approximate surface area is 125 Å². The highest BCUT2D eigenvalue weighted by atomic mass is 79.9. The van der Waals surface area contributed by atoms with E-state index in [0.717, 1.165) is 12.8 Å². The Bertz CT molecular complexity index is 626. The second kappa shape index (κ2) is 4.71. The van der Waals surface area contributed by atoms with Gasteiger partial charge in [-0.1, -0.05) is 6.92 Å². The molecule has 1 aromatic carbocycles. The molecule has 1 saturated carbocycles. The van der Waals surface area contributed by atoms with Crippen molar-refractivity contribution in [3.8, 4) is 6.07 Å². The molecule has 1 aliphatic heterocycles. The average molecular weight is 333 g/mol. The summed E-state index contributed by atoms with van der Waals surface area (Å²) in [5.41, 5.74) is 1.04. The van der Waals surface area contributed by atoms with Crippen molar-refractivity contribution in [2.24, 2.45) is 17.8 Å². The Balaban J connectivity index is 1.98. The summed E-state index contributed by atoms with van der Waals surface area (Å²) in [6.07, 6.45) is 1.58. The Morgan fingerprint density at radius 1 is 1.25 bits per heavy atom. The second-order valence-electron chi connectivity index (χ2n) is 5.58. The highest BCUT2D eigenvalue weighted by molar-refractivity contribution is 9.10. The molecule has 1 saturated heterocycles. The average Bonchev–Trinajstić information content (AvgIpc) is 2.90. The number of hydrogen-bond donors (Lipinski definition) is 0. The van der Waals surface area contributed by atoms with E-state index >= 15 is 0 Å². The first-order valence-electron chi connectivity index (χ1n) is 6.60. The smallest absolute Gasteiger partial charge is 0.237 e. The zero-order chi connectivity index (χ0) is 14.4. The highest BCUT2D eigenvalue weighted by Gasteiger charge is 2.52. The van der Waals surface area contributed by atoms with Crippen molar-refractivity contribution in [1.29, 1.82) is 5.26 Å². The first-order chi connectivity index (χ1) is 9.52. The van der Waals surface area contributed by atoms with Crippen molar-refractivity contribution in [3.05, 3.63) is 28.2 Å². The summed E-state index contributed by atoms with van der Waals surface area (Å²) in [7, 11) is 0. The maximum absolute atomic E-state index is 12.5. The van der Waals surface area contributed by atoms with Crippen LogP contribution in [0.15, 0.2) is 22.7 Å². The van der Waals surface area contributed by atoms with Gasteiger partial charge in [0, 0.05) is 4.47 Å². The Hall–Kier alpha value is -1.67. The monoisotopic (exact) mass is 332 g/mol. The van der Waals surface area contributed by atoms with E-state index in [1.54, 1.807) is 18.2 Å². The Morgan fingerprint density at radius 3 is 2.35 bits per heavy atom. The van der Waals surface area contributed by atoms with E-state index in [2.05, 4.69) is 22.9 Å². The molecular formula is C15H13BrN2O2. The summed E-state index contributed by atoms with van der Waals surface area (Å²) in [5, 5.41) is 8.86. The first kappa shape index (κ1) is 13.3. The van der Waals surface area contributed by atoms with Gasteiger partial charge in [0.15, 0.2) is 0 Å². The molecule has 1 heterocycles. The van der Waals surface area contributed by atoms with Gasteiger partial charge < -0.3 is 0 Å². The van der Waals surface area contributed by atoms with Gasteiger partial charge in [-0.05, 0) is 52.9 Å². The van der Waals surface area contributed by atoms with E-state index in [1.165, 1.54) is 4.90 Å². The van der Waals surface area contributed by atoms with Crippen LogP contribution < -0.4 is 4.90 Å². The van der Waals surface area contributed by atoms with Crippen LogP contribution in [0, 0.1) is 29.1 Å². The van der Waals surface area contributed by atoms with Crippen molar-refractivity contribution in [3.63, 3.8) is 0 Å². The molecule has 0 bridgehead atoms. The number of carbonyl (C=O) groups excluding carboxylic acids is 2. The predicted molar refractivity (Wildman–Crippen MR) is 76.7 cm³/mol. The fourth-order valence-electron chi connectivity index (χ4n) is 3.27. The first-order valence-corrected chi connectivity index (χ1v) is 7.39. The van der Waals surface area contributed by atoms with Crippen LogP contribution in [0.5, 0.6) is 0 Å². The van der Waals surface area contributed by atoms with Gasteiger partial charge in [0.1, 0.15) is 0 Å². The number of nitrogens with zero attached hydrogens (tertiary/aromatic N) is 2. The van der Waals surface area contributed by atoms with Crippen LogP contribution in [-0.4, -0.2) is 11.8 Å². The third kappa shape index (κ3) is 1.87. The van der Waals surface area contributed by atoms with Crippen LogP contribution in [-0.2, 0) is 9.59 Å². The third-order valence-corrected chi connectivity index (χ3v) is 4.83. The zero-order valence-electron chi connectivity index (χ0n) is 11.0. The molecule has 5 heteroatoms. The van der Waals surface area contributed by atoms with Crippen LogP contribution in [0.4, 0.5) is 5.69 Å². The largest absolute Gasteiger partial charge is 0.274 e. The molecule has 2 amide bonds. The van der Waals surface area contributed by atoms with Crippen molar-refractivity contribution >= 4 is 33.4 Å². The number of anilines is 1. The number of benzene rings is 1. The van der Waals surface area contributed by atoms with Gasteiger partial charge in [0.05, 0.1) is 29.2 Å². The fraction of sp³-hybridized carbons (Fsp3) is 0.400. The lowest BCUT2D eigenvalue weighted by Crippen LogP contribution is -2.32. The maximum Gasteiger partial charge on any atom is 0.237 e. The number of hydrogen-bond acceptors (Lipinski definition) is 3. The van der Waals surface area contributed by atoms with E-state index < -0.39 is 0 Å². The van der Waals surface area contributed by atoms with Gasteiger partial charge in [0.25, 0.3) is 0 Å². The zero-order valence-corrected chi connectivity index (χ0v) is 12.6. The molecule has 0 aromatic heterocycles. The van der Waals surface area contributed by atoms with Crippen LogP contribution in [0.25, 0.3) is 0 Å². The quantitative estimate of drug-likeness (QED) is 0.743. The molecule has 2 atom stereocenters. The number of nitriles is 1. The summed E-state index contributed by atoms with van der Waals surface area (Å²) < 4.78 is 0.603. The molecule has 4 nitrogen and oxygen atoms in total. The normalized spacial score (nSPS) is 28.6. The van der Waals surface area contributed by atoms with Crippen LogP contribution in [0.1, 0.15) is 25.3 Å². The van der Waals surface area contributed by atoms with Crippen molar-refractivity contribution < 1.29 is 9.59 Å². The molecule has 102 valence electrons. The third-order valence-electron chi connectivity index (χ3n) is 4.19. The minimum absolute atomic E-state index is 0.102. The van der Waals surface area contributed by atoms with Crippen molar-refractivity contribution in [2.75, 3.05) is 4.90 Å². The van der Waals surface area contributed by atoms with E-state index in [4.69, 9.17) is 5.26 Å². The standard InChI is InChI=1S/C15H13BrN2O2/c1-8-4-10-11(5-8)15(20)18(14(10)19)13-3-2-9(7-17)6-12(13)16/h2-3,6,8,10-11H,4-5H2,1H3. The molecule has 0 radical (unpaired) electrons. The molecular weight excluding hydrogens is 320 g/mol. The minimum Gasteiger partial charge on any atom is -0.274 e. The van der Waals surface area contributed by atoms with E-state index in [1.807, 2.05) is 6.07 Å². The summed E-state index contributed by atoms with van der Waals surface area (Å²) in [6.45, 7) is 2.08. The predicted octanol–water partition coefficient (Wildman–Crippen LogP) is 2.86. The lowest BCUT2D eigenvalue weighted by molar-refractivity contribution is -0.123. The highest BCUT2D eigenvalue weighted by Crippen LogP contribution is 2.45. The second-order valence-corrected chi connectivity index (χ2v) is 6.43. The molecule has 0 spiro atoms. The maximum atomic E-state index is 12.5. The number of amides is 2. The van der Waals surface area contributed by atoms with Crippen LogP contribution in [0.3, 0.4) is 0 Å². The van der Waals surface area contributed by atoms with Gasteiger partial charge in [-0.2, -0.15) is 5.26 Å². The number of halogens is 1. The van der Waals surface area contributed by atoms with Gasteiger partial charge in [-0.15, -0.1) is 0 Å². The number of fused-ring (bicyclic) bond motifs is 1. The van der Waals surface area contributed by atoms with Gasteiger partial charge >= 0.3 is 0 Å². The minimum atomic E-state index is -0.167. The number of imide groups is 1.